The molecular weight excluding hydrogens is 224 g/mol. The summed E-state index contributed by atoms with van der Waals surface area (Å²) in [6.45, 7) is 4.78. The van der Waals surface area contributed by atoms with Crippen LogP contribution in [0, 0.1) is 6.92 Å². The molecule has 80 valence electrons. The molecule has 0 aliphatic heterocycles. The van der Waals surface area contributed by atoms with Crippen LogP contribution in [0.3, 0.4) is 0 Å². The van der Waals surface area contributed by atoms with Gasteiger partial charge in [-0.3, -0.25) is 0 Å². The molecule has 0 bridgehead atoms. The molecule has 5 nitrogen and oxygen atoms in total. The van der Waals surface area contributed by atoms with Gasteiger partial charge in [0.15, 0.2) is 0 Å². The number of hydrogen-bond donors (Lipinski definition) is 2. The van der Waals surface area contributed by atoms with E-state index in [9.17, 15) is 13.5 Å². The monoisotopic (exact) mass is 236 g/mol. The molecular formula is C7H12N2O3S2. The van der Waals surface area contributed by atoms with Gasteiger partial charge in [0.1, 0.15) is 0 Å². The van der Waals surface area contributed by atoms with Gasteiger partial charge in [-0.05, 0) is 20.8 Å². The minimum atomic E-state index is -3.77. The van der Waals surface area contributed by atoms with Crippen molar-refractivity contribution in [2.45, 2.75) is 30.7 Å². The number of nitrogens with two attached hydrogens (primary N) is 1. The molecule has 0 aliphatic rings. The van der Waals surface area contributed by atoms with Crippen molar-refractivity contribution in [1.82, 2.24) is 4.98 Å². The van der Waals surface area contributed by atoms with Crippen molar-refractivity contribution in [3.05, 3.63) is 10.6 Å². The van der Waals surface area contributed by atoms with Crippen molar-refractivity contribution in [3.63, 3.8) is 0 Å². The Labute approximate surface area is 86.6 Å². The van der Waals surface area contributed by atoms with Gasteiger partial charge >= 0.3 is 0 Å². The molecule has 0 saturated heterocycles. The molecule has 0 saturated carbocycles. The Bertz CT molecular complexity index is 442. The molecule has 3 N–H and O–H groups in total. The van der Waals surface area contributed by atoms with E-state index in [2.05, 4.69) is 4.98 Å². The van der Waals surface area contributed by atoms with Crippen LogP contribution >= 0.6 is 11.3 Å². The smallest absolute Gasteiger partial charge is 0.265 e. The highest BCUT2D eigenvalue weighted by Crippen LogP contribution is 2.30. The first kappa shape index (κ1) is 11.6. The van der Waals surface area contributed by atoms with Crippen molar-refractivity contribution in [3.8, 4) is 0 Å². The summed E-state index contributed by atoms with van der Waals surface area (Å²) in [5.41, 5.74) is -0.600. The Morgan fingerprint density at radius 2 is 2.00 bits per heavy atom. The average molecular weight is 236 g/mol. The largest absolute Gasteiger partial charge is 0.385 e. The van der Waals surface area contributed by atoms with Gasteiger partial charge in [-0.15, -0.1) is 11.3 Å². The average Bonchev–Trinajstić information content (AvgIpc) is 2.27. The highest BCUT2D eigenvalue weighted by atomic mass is 32.2. The Morgan fingerprint density at radius 1 is 1.50 bits per heavy atom. The topological polar surface area (TPSA) is 93.3 Å². The fourth-order valence-corrected chi connectivity index (χ4v) is 2.84. The second-order valence-corrected chi connectivity index (χ2v) is 6.23. The van der Waals surface area contributed by atoms with Gasteiger partial charge < -0.3 is 5.11 Å². The molecule has 7 heteroatoms. The summed E-state index contributed by atoms with van der Waals surface area (Å²) in [7, 11) is -3.77. The summed E-state index contributed by atoms with van der Waals surface area (Å²) in [5, 5.41) is 14.6. The predicted molar refractivity (Wildman–Crippen MR) is 53.5 cm³/mol. The summed E-state index contributed by atoms with van der Waals surface area (Å²) in [6, 6.07) is 0. The van der Waals surface area contributed by atoms with E-state index in [0.29, 0.717) is 10.6 Å². The van der Waals surface area contributed by atoms with Crippen LogP contribution in [0.25, 0.3) is 0 Å². The van der Waals surface area contributed by atoms with E-state index in [-0.39, 0.29) is 4.34 Å². The molecule has 0 fully saturated rings. The second-order valence-electron chi connectivity index (χ2n) is 3.50. The molecule has 1 aromatic heterocycles. The molecule has 0 unspecified atom stereocenters. The Hall–Kier alpha value is -0.500. The van der Waals surface area contributed by atoms with Crippen LogP contribution in [0.1, 0.15) is 24.4 Å². The fraction of sp³-hybridized carbons (Fsp3) is 0.571. The van der Waals surface area contributed by atoms with Gasteiger partial charge in [0.25, 0.3) is 10.0 Å². The molecule has 1 aromatic rings. The van der Waals surface area contributed by atoms with Crippen molar-refractivity contribution in [1.29, 1.82) is 0 Å². The summed E-state index contributed by atoms with van der Waals surface area (Å²) in [6.07, 6.45) is 0. The zero-order valence-electron chi connectivity index (χ0n) is 8.10. The third-order valence-electron chi connectivity index (χ3n) is 1.58. The van der Waals surface area contributed by atoms with Crippen LogP contribution in [-0.4, -0.2) is 18.5 Å². The van der Waals surface area contributed by atoms with Crippen LogP contribution in [0.15, 0.2) is 4.34 Å². The fourth-order valence-electron chi connectivity index (χ4n) is 1.06. The van der Waals surface area contributed by atoms with Gasteiger partial charge in [-0.25, -0.2) is 18.5 Å². The third kappa shape index (κ3) is 2.30. The Kier molecular flexibility index (Phi) is 2.70. The van der Waals surface area contributed by atoms with Crippen LogP contribution < -0.4 is 5.14 Å². The van der Waals surface area contributed by atoms with Crippen molar-refractivity contribution >= 4 is 21.4 Å². The minimum absolute atomic E-state index is 0.160. The molecule has 0 aromatic carbocycles. The summed E-state index contributed by atoms with van der Waals surface area (Å²) < 4.78 is 21.8. The number of rotatable bonds is 2. The molecule has 14 heavy (non-hydrogen) atoms. The van der Waals surface area contributed by atoms with Crippen LogP contribution in [0.4, 0.5) is 0 Å². The predicted octanol–water partition coefficient (Wildman–Crippen LogP) is 0.326. The number of sulfonamides is 1. The quantitative estimate of drug-likeness (QED) is 0.773. The van der Waals surface area contributed by atoms with E-state index < -0.39 is 15.6 Å². The first-order valence-corrected chi connectivity index (χ1v) is 6.22. The van der Waals surface area contributed by atoms with E-state index >= 15 is 0 Å². The lowest BCUT2D eigenvalue weighted by molar-refractivity contribution is 0.0817. The van der Waals surface area contributed by atoms with Gasteiger partial charge in [0.05, 0.1) is 16.2 Å². The molecule has 0 atom stereocenters. The van der Waals surface area contributed by atoms with Crippen LogP contribution in [-0.2, 0) is 15.6 Å². The standard InChI is InChI=1S/C7H12N2O3S2/c1-4-5(7(2,3)10)13-6(9-4)14(8,11)12/h10H,1-3H3,(H2,8,11,12). The van der Waals surface area contributed by atoms with E-state index in [0.717, 1.165) is 11.3 Å². The molecule has 0 radical (unpaired) electrons. The number of nitrogens with zero attached hydrogens (tertiary/aromatic N) is 1. The number of primary sulfonamides is 1. The Morgan fingerprint density at radius 3 is 2.21 bits per heavy atom. The van der Waals surface area contributed by atoms with Gasteiger partial charge in [-0.2, -0.15) is 0 Å². The van der Waals surface area contributed by atoms with Crippen LogP contribution in [0.2, 0.25) is 0 Å². The number of aryl methyl sites for hydroxylation is 1. The number of aliphatic hydroxyl groups is 1. The van der Waals surface area contributed by atoms with Crippen LogP contribution in [0.5, 0.6) is 0 Å². The maximum atomic E-state index is 11.0. The SMILES string of the molecule is Cc1nc(S(N)(=O)=O)sc1C(C)(C)O. The third-order valence-corrected chi connectivity index (χ3v) is 4.37. The van der Waals surface area contributed by atoms with E-state index in [4.69, 9.17) is 5.14 Å². The zero-order valence-corrected chi connectivity index (χ0v) is 9.74. The van der Waals surface area contributed by atoms with Gasteiger partial charge in [-0.1, -0.05) is 0 Å². The molecule has 1 heterocycles. The van der Waals surface area contributed by atoms with Crippen molar-refractivity contribution < 1.29 is 13.5 Å². The number of aromatic nitrogens is 1. The maximum absolute atomic E-state index is 11.0. The molecule has 0 aliphatic carbocycles. The van der Waals surface area contributed by atoms with E-state index in [1.165, 1.54) is 0 Å². The minimum Gasteiger partial charge on any atom is -0.385 e. The molecule has 1 rings (SSSR count). The van der Waals surface area contributed by atoms with Crippen molar-refractivity contribution in [2.24, 2.45) is 5.14 Å². The Balaban J connectivity index is 3.33. The summed E-state index contributed by atoms with van der Waals surface area (Å²) >= 11 is 0.899. The highest BCUT2D eigenvalue weighted by Gasteiger charge is 2.25. The first-order valence-electron chi connectivity index (χ1n) is 3.85. The van der Waals surface area contributed by atoms with Gasteiger partial charge in [0, 0.05) is 0 Å². The van der Waals surface area contributed by atoms with Crippen molar-refractivity contribution in [2.75, 3.05) is 0 Å². The first-order chi connectivity index (χ1) is 6.12. The van der Waals surface area contributed by atoms with E-state index in [1.54, 1.807) is 20.8 Å². The number of thiazole rings is 1. The maximum Gasteiger partial charge on any atom is 0.265 e. The second kappa shape index (κ2) is 3.27. The van der Waals surface area contributed by atoms with Gasteiger partial charge in [0.2, 0.25) is 4.34 Å². The zero-order chi connectivity index (χ0) is 11.1. The number of hydrogen-bond acceptors (Lipinski definition) is 5. The normalized spacial score (nSPS) is 13.2. The highest BCUT2D eigenvalue weighted by molar-refractivity contribution is 7.91. The molecule has 0 spiro atoms. The van der Waals surface area contributed by atoms with E-state index in [1.807, 2.05) is 0 Å². The molecule has 0 amide bonds. The lowest BCUT2D eigenvalue weighted by atomic mass is 10.1. The summed E-state index contributed by atoms with van der Waals surface area (Å²) in [4.78, 5) is 4.31. The lowest BCUT2D eigenvalue weighted by Gasteiger charge is -2.14. The lowest BCUT2D eigenvalue weighted by Crippen LogP contribution is -2.14. The summed E-state index contributed by atoms with van der Waals surface area (Å²) in [5.74, 6) is 0.